The Morgan fingerprint density at radius 3 is 2.55 bits per heavy atom. The third kappa shape index (κ3) is 6.01. The Kier molecular flexibility index (Phi) is 5.50. The molecule has 8 nitrogen and oxygen atoms in total. The van der Waals surface area contributed by atoms with E-state index in [0.717, 1.165) is 0 Å². The molecule has 1 heterocycles. The lowest BCUT2D eigenvalue weighted by atomic mass is 10.3. The lowest BCUT2D eigenvalue weighted by molar-refractivity contribution is -0.139. The molecule has 1 saturated heterocycles. The molecule has 1 aliphatic rings. The maximum absolute atomic E-state index is 11.4. The molecule has 1 aliphatic heterocycles. The number of ether oxygens (including phenoxy) is 2. The summed E-state index contributed by atoms with van der Waals surface area (Å²) < 4.78 is 29.6. The number of epoxide rings is 1. The van der Waals surface area contributed by atoms with Crippen LogP contribution in [0.2, 0.25) is 0 Å². The van der Waals surface area contributed by atoms with Crippen molar-refractivity contribution < 1.29 is 37.6 Å². The zero-order chi connectivity index (χ0) is 15.3. The van der Waals surface area contributed by atoms with Crippen LogP contribution in [0.4, 0.5) is 0 Å². The van der Waals surface area contributed by atoms with E-state index in [9.17, 15) is 19.0 Å². The number of hydrogen-bond acceptors (Lipinski definition) is 7. The van der Waals surface area contributed by atoms with Gasteiger partial charge in [0, 0.05) is 5.57 Å². The van der Waals surface area contributed by atoms with Crippen LogP contribution >= 0.6 is 7.82 Å². The summed E-state index contributed by atoms with van der Waals surface area (Å²) in [5.41, 5.74) is -0.126. The maximum Gasteiger partial charge on any atom is 0.586 e. The normalized spacial score (nSPS) is 20.6. The Balaban J connectivity index is 2.46. The summed E-state index contributed by atoms with van der Waals surface area (Å²) in [6.07, 6.45) is 0.607. The van der Waals surface area contributed by atoms with Gasteiger partial charge in [0.05, 0.1) is 12.2 Å². The van der Waals surface area contributed by atoms with Crippen LogP contribution in [0.15, 0.2) is 24.0 Å². The molecular weight excluding hydrogens is 291 g/mol. The van der Waals surface area contributed by atoms with Gasteiger partial charge < -0.3 is 18.5 Å². The van der Waals surface area contributed by atoms with Gasteiger partial charge in [-0.25, -0.2) is 14.2 Å². The first kappa shape index (κ1) is 16.4. The fourth-order valence-electron chi connectivity index (χ4n) is 0.845. The molecule has 1 rings (SSSR count). The second-order valence-electron chi connectivity index (χ2n) is 4.09. The average molecular weight is 306 g/mol. The van der Waals surface area contributed by atoms with E-state index in [0.29, 0.717) is 12.9 Å². The van der Waals surface area contributed by atoms with Crippen molar-refractivity contribution in [3.63, 3.8) is 0 Å². The van der Waals surface area contributed by atoms with E-state index in [-0.39, 0.29) is 23.9 Å². The smallest absolute Gasteiger partial charge is 0.459 e. The molecule has 1 fully saturated rings. The van der Waals surface area contributed by atoms with Gasteiger partial charge in [0.15, 0.2) is 0 Å². The van der Waals surface area contributed by atoms with Crippen LogP contribution in [0.1, 0.15) is 13.8 Å². The van der Waals surface area contributed by atoms with Crippen LogP contribution in [0.3, 0.4) is 0 Å². The fraction of sp³-hybridized carbons (Fsp3) is 0.455. The van der Waals surface area contributed by atoms with E-state index in [1.165, 1.54) is 13.8 Å². The Morgan fingerprint density at radius 2 is 2.05 bits per heavy atom. The van der Waals surface area contributed by atoms with Gasteiger partial charge in [-0.1, -0.05) is 6.58 Å². The molecule has 0 aromatic carbocycles. The Bertz CT molecular complexity index is 491. The summed E-state index contributed by atoms with van der Waals surface area (Å²) >= 11 is 0. The first-order valence-electron chi connectivity index (χ1n) is 5.57. The van der Waals surface area contributed by atoms with Crippen molar-refractivity contribution in [2.45, 2.75) is 20.0 Å². The van der Waals surface area contributed by atoms with Gasteiger partial charge in [0.1, 0.15) is 19.0 Å². The lowest BCUT2D eigenvalue weighted by Crippen LogP contribution is -2.11. The fourth-order valence-corrected chi connectivity index (χ4v) is 1.54. The highest BCUT2D eigenvalue weighted by molar-refractivity contribution is 7.48. The summed E-state index contributed by atoms with van der Waals surface area (Å²) in [5.74, 6) is -1.80. The summed E-state index contributed by atoms with van der Waals surface area (Å²) in [4.78, 5) is 31.7. The van der Waals surface area contributed by atoms with Crippen molar-refractivity contribution in [3.05, 3.63) is 24.0 Å². The number of carbonyl (C=O) groups is 2. The second-order valence-corrected chi connectivity index (χ2v) is 5.42. The topological polar surface area (TPSA) is 112 Å². The van der Waals surface area contributed by atoms with Crippen molar-refractivity contribution in [1.82, 2.24) is 0 Å². The summed E-state index contributed by atoms with van der Waals surface area (Å²) in [6, 6.07) is 0. The monoisotopic (exact) mass is 306 g/mol. The van der Waals surface area contributed by atoms with Crippen LogP contribution in [0, 0.1) is 0 Å². The lowest BCUT2D eigenvalue weighted by Gasteiger charge is -2.10. The molecule has 20 heavy (non-hydrogen) atoms. The first-order chi connectivity index (χ1) is 9.21. The molecule has 0 spiro atoms. The zero-order valence-corrected chi connectivity index (χ0v) is 11.9. The maximum atomic E-state index is 11.4. The minimum atomic E-state index is -4.64. The van der Waals surface area contributed by atoms with E-state index >= 15 is 0 Å². The summed E-state index contributed by atoms with van der Waals surface area (Å²) in [6.45, 7) is 6.51. The molecule has 0 amide bonds. The quantitative estimate of drug-likeness (QED) is 0.244. The predicted octanol–water partition coefficient (Wildman–Crippen LogP) is 1.07. The number of carbonyl (C=O) groups excluding carboxylic acids is 2. The average Bonchev–Trinajstić information content (AvgIpc) is 3.16. The number of phosphoric ester groups is 1. The highest BCUT2D eigenvalue weighted by Crippen LogP contribution is 2.44. The van der Waals surface area contributed by atoms with Gasteiger partial charge in [-0.2, -0.15) is 0 Å². The summed E-state index contributed by atoms with van der Waals surface area (Å²) in [5, 5.41) is 0. The number of rotatable bonds is 7. The van der Waals surface area contributed by atoms with Crippen LogP contribution < -0.4 is 0 Å². The third-order valence-corrected chi connectivity index (χ3v) is 2.80. The van der Waals surface area contributed by atoms with E-state index in [2.05, 4.69) is 15.6 Å². The molecule has 2 unspecified atom stereocenters. The van der Waals surface area contributed by atoms with Crippen molar-refractivity contribution >= 4 is 19.8 Å². The van der Waals surface area contributed by atoms with Crippen LogP contribution in [-0.4, -0.2) is 36.1 Å². The standard InChI is InChI=1S/C11H15O8P/c1-7(2)10(12)19-20(14,15)18-4-8(3)11(13)17-6-9-5-16-9/h4,9H,1,5-6H2,2-3H3,(H,14,15). The molecule has 0 bridgehead atoms. The van der Waals surface area contributed by atoms with Crippen molar-refractivity contribution in [1.29, 1.82) is 0 Å². The van der Waals surface area contributed by atoms with E-state index in [1.54, 1.807) is 0 Å². The van der Waals surface area contributed by atoms with E-state index in [1.807, 2.05) is 0 Å². The zero-order valence-electron chi connectivity index (χ0n) is 11.0. The van der Waals surface area contributed by atoms with Crippen LogP contribution in [0.5, 0.6) is 0 Å². The van der Waals surface area contributed by atoms with E-state index < -0.39 is 19.8 Å². The number of esters is 1. The van der Waals surface area contributed by atoms with Crippen molar-refractivity contribution in [2.75, 3.05) is 13.2 Å². The second kappa shape index (κ2) is 6.69. The molecule has 0 saturated carbocycles. The van der Waals surface area contributed by atoms with Gasteiger partial charge in [-0.05, 0) is 13.8 Å². The largest absolute Gasteiger partial charge is 0.586 e. The predicted molar refractivity (Wildman–Crippen MR) is 66.3 cm³/mol. The van der Waals surface area contributed by atoms with Crippen molar-refractivity contribution in [2.24, 2.45) is 0 Å². The van der Waals surface area contributed by atoms with E-state index in [4.69, 9.17) is 9.47 Å². The Hall–Kier alpha value is -1.63. The molecule has 0 aromatic rings. The minimum Gasteiger partial charge on any atom is -0.459 e. The van der Waals surface area contributed by atoms with Crippen molar-refractivity contribution in [3.8, 4) is 0 Å². The van der Waals surface area contributed by atoms with Gasteiger partial charge in [-0.15, -0.1) is 0 Å². The molecule has 0 radical (unpaired) electrons. The highest BCUT2D eigenvalue weighted by atomic mass is 31.2. The molecule has 1 N–H and O–H groups in total. The van der Waals surface area contributed by atoms with Gasteiger partial charge in [0.2, 0.25) is 0 Å². The number of hydrogen-bond donors (Lipinski definition) is 1. The Labute approximate surface area is 115 Å². The molecule has 0 aromatic heterocycles. The molecule has 9 heteroatoms. The van der Waals surface area contributed by atoms with Crippen LogP contribution in [0.25, 0.3) is 0 Å². The molecule has 112 valence electrons. The third-order valence-electron chi connectivity index (χ3n) is 2.03. The van der Waals surface area contributed by atoms with Crippen LogP contribution in [-0.2, 0) is 32.7 Å². The highest BCUT2D eigenvalue weighted by Gasteiger charge is 2.28. The van der Waals surface area contributed by atoms with Gasteiger partial charge >= 0.3 is 19.8 Å². The van der Waals surface area contributed by atoms with Gasteiger partial charge in [0.25, 0.3) is 0 Å². The molecular formula is C11H15O8P. The molecule has 0 aliphatic carbocycles. The van der Waals surface area contributed by atoms with Gasteiger partial charge in [-0.3, -0.25) is 4.89 Å². The minimum absolute atomic E-state index is 0.0626. The molecule has 2 atom stereocenters. The SMILES string of the molecule is C=C(C)C(=O)OP(=O)(O)OC=C(C)C(=O)OCC1CO1. The summed E-state index contributed by atoms with van der Waals surface area (Å²) in [7, 11) is -4.64. The first-order valence-corrected chi connectivity index (χ1v) is 7.07. The Morgan fingerprint density at radius 1 is 1.45 bits per heavy atom. The number of phosphoric acid groups is 1.